The van der Waals surface area contributed by atoms with Gasteiger partial charge in [-0.1, -0.05) is 39.0 Å². The fourth-order valence-corrected chi connectivity index (χ4v) is 2.63. The Morgan fingerprint density at radius 3 is 2.57 bits per heavy atom. The van der Waals surface area contributed by atoms with Crippen LogP contribution in [0.3, 0.4) is 0 Å². The summed E-state index contributed by atoms with van der Waals surface area (Å²) in [5.41, 5.74) is 1.48. The number of thiophene rings is 1. The van der Waals surface area contributed by atoms with Crippen molar-refractivity contribution in [1.82, 2.24) is 0 Å². The molecule has 0 bridgehead atoms. The van der Waals surface area contributed by atoms with Crippen molar-refractivity contribution >= 4 is 21.4 Å². The Labute approximate surface area is 90.6 Å². The van der Waals surface area contributed by atoms with Gasteiger partial charge in [0.05, 0.1) is 0 Å². The van der Waals surface area contributed by atoms with E-state index in [1.54, 1.807) is 0 Å². The molecule has 0 aliphatic rings. The van der Waals surface area contributed by atoms with Crippen molar-refractivity contribution in [2.24, 2.45) is 0 Å². The minimum absolute atomic E-state index is 1.14. The van der Waals surface area contributed by atoms with Crippen molar-refractivity contribution in [3.8, 4) is 0 Å². The minimum Gasteiger partial charge on any atom is -0.140 e. The topological polar surface area (TPSA) is 0 Å². The molecule has 0 saturated carbocycles. The molecule has 1 heterocycles. The van der Waals surface area contributed by atoms with E-state index >= 15 is 0 Å². The quantitative estimate of drug-likeness (QED) is 0.629. The Balaban J connectivity index is 0.000000461. The molecule has 2 rings (SSSR count). The van der Waals surface area contributed by atoms with Gasteiger partial charge >= 0.3 is 0 Å². The second kappa shape index (κ2) is 5.16. The molecule has 76 valence electrons. The molecule has 0 saturated heterocycles. The molecule has 0 N–H and O–H groups in total. The van der Waals surface area contributed by atoms with E-state index < -0.39 is 0 Å². The predicted octanol–water partition coefficient (Wildman–Crippen LogP) is 4.80. The van der Waals surface area contributed by atoms with E-state index in [1.807, 2.05) is 25.2 Å². The largest absolute Gasteiger partial charge is 0.140 e. The van der Waals surface area contributed by atoms with E-state index in [4.69, 9.17) is 0 Å². The summed E-state index contributed by atoms with van der Waals surface area (Å²) in [7, 11) is 0. The molecular weight excluding hydrogens is 188 g/mol. The van der Waals surface area contributed by atoms with Crippen LogP contribution in [0.15, 0.2) is 24.3 Å². The van der Waals surface area contributed by atoms with E-state index in [-0.39, 0.29) is 0 Å². The Kier molecular flexibility index (Phi) is 4.15. The van der Waals surface area contributed by atoms with Crippen LogP contribution in [0.4, 0.5) is 0 Å². The Bertz CT molecular complexity index is 399. The van der Waals surface area contributed by atoms with Crippen LogP contribution in [-0.2, 0) is 6.42 Å². The SMILES string of the molecule is CC.CCc1cccc2cc(C)sc12. The molecule has 0 fully saturated rings. The number of benzene rings is 1. The van der Waals surface area contributed by atoms with Gasteiger partial charge in [-0.25, -0.2) is 0 Å². The molecular formula is C13H18S. The second-order valence-corrected chi connectivity index (χ2v) is 4.30. The molecule has 0 aliphatic carbocycles. The van der Waals surface area contributed by atoms with Crippen molar-refractivity contribution < 1.29 is 0 Å². The summed E-state index contributed by atoms with van der Waals surface area (Å²) in [6.07, 6.45) is 1.14. The van der Waals surface area contributed by atoms with Crippen LogP contribution in [-0.4, -0.2) is 0 Å². The lowest BCUT2D eigenvalue weighted by Crippen LogP contribution is -1.77. The highest BCUT2D eigenvalue weighted by molar-refractivity contribution is 7.19. The number of rotatable bonds is 1. The third kappa shape index (κ3) is 2.16. The average molecular weight is 206 g/mol. The van der Waals surface area contributed by atoms with Gasteiger partial charge in [-0.15, -0.1) is 11.3 Å². The van der Waals surface area contributed by atoms with Crippen molar-refractivity contribution in [3.63, 3.8) is 0 Å². The number of fused-ring (bicyclic) bond motifs is 1. The smallest absolute Gasteiger partial charge is 0.0377 e. The lowest BCUT2D eigenvalue weighted by Gasteiger charge is -1.96. The summed E-state index contributed by atoms with van der Waals surface area (Å²) in [6.45, 7) is 8.38. The van der Waals surface area contributed by atoms with Crippen LogP contribution in [0.5, 0.6) is 0 Å². The van der Waals surface area contributed by atoms with Gasteiger partial charge in [-0.05, 0) is 30.4 Å². The first-order valence-electron chi connectivity index (χ1n) is 5.29. The lowest BCUT2D eigenvalue weighted by molar-refractivity contribution is 1.16. The zero-order valence-electron chi connectivity index (χ0n) is 9.42. The highest BCUT2D eigenvalue weighted by atomic mass is 32.1. The molecule has 0 spiro atoms. The van der Waals surface area contributed by atoms with Crippen LogP contribution in [0, 0.1) is 6.92 Å². The molecule has 0 nitrogen and oxygen atoms in total. The van der Waals surface area contributed by atoms with Crippen LogP contribution >= 0.6 is 11.3 Å². The average Bonchev–Trinajstić information content (AvgIpc) is 2.60. The van der Waals surface area contributed by atoms with Crippen molar-refractivity contribution in [1.29, 1.82) is 0 Å². The third-order valence-electron chi connectivity index (χ3n) is 2.13. The maximum Gasteiger partial charge on any atom is 0.0377 e. The highest BCUT2D eigenvalue weighted by Gasteiger charge is 2.01. The van der Waals surface area contributed by atoms with Gasteiger partial charge in [0.1, 0.15) is 0 Å². The predicted molar refractivity (Wildman–Crippen MR) is 67.3 cm³/mol. The second-order valence-electron chi connectivity index (χ2n) is 3.05. The van der Waals surface area contributed by atoms with Crippen molar-refractivity contribution in [3.05, 3.63) is 34.7 Å². The Morgan fingerprint density at radius 1 is 1.21 bits per heavy atom. The molecule has 14 heavy (non-hydrogen) atoms. The summed E-state index contributed by atoms with van der Waals surface area (Å²) in [5, 5.41) is 1.40. The number of aryl methyl sites for hydroxylation is 2. The van der Waals surface area contributed by atoms with E-state index in [9.17, 15) is 0 Å². The number of hydrogen-bond acceptors (Lipinski definition) is 1. The Morgan fingerprint density at radius 2 is 1.93 bits per heavy atom. The monoisotopic (exact) mass is 206 g/mol. The zero-order valence-corrected chi connectivity index (χ0v) is 10.2. The normalized spacial score (nSPS) is 9.71. The van der Waals surface area contributed by atoms with Gasteiger partial charge in [0.15, 0.2) is 0 Å². The fraction of sp³-hybridized carbons (Fsp3) is 0.385. The molecule has 0 aliphatic heterocycles. The summed E-state index contributed by atoms with van der Waals surface area (Å²) in [6, 6.07) is 8.82. The van der Waals surface area contributed by atoms with Crippen LogP contribution in [0.25, 0.3) is 10.1 Å². The summed E-state index contributed by atoms with van der Waals surface area (Å²) in [4.78, 5) is 1.41. The molecule has 0 unspecified atom stereocenters. The molecule has 1 heteroatoms. The molecule has 2 aromatic rings. The van der Waals surface area contributed by atoms with Crippen molar-refractivity contribution in [2.75, 3.05) is 0 Å². The maximum absolute atomic E-state index is 2.26. The van der Waals surface area contributed by atoms with E-state index in [2.05, 4.69) is 38.1 Å². The first kappa shape index (κ1) is 11.3. The van der Waals surface area contributed by atoms with E-state index in [0.717, 1.165) is 6.42 Å². The van der Waals surface area contributed by atoms with Gasteiger partial charge < -0.3 is 0 Å². The molecule has 0 atom stereocenters. The minimum atomic E-state index is 1.14. The first-order valence-corrected chi connectivity index (χ1v) is 6.11. The summed E-state index contributed by atoms with van der Waals surface area (Å²) >= 11 is 1.90. The molecule has 1 aromatic carbocycles. The Hall–Kier alpha value is -0.820. The number of hydrogen-bond donors (Lipinski definition) is 0. The first-order chi connectivity index (χ1) is 6.81. The molecule has 1 aromatic heterocycles. The van der Waals surface area contributed by atoms with Crippen LogP contribution < -0.4 is 0 Å². The summed E-state index contributed by atoms with van der Waals surface area (Å²) in [5.74, 6) is 0. The standard InChI is InChI=1S/C11H12S.C2H6/c1-3-9-5-4-6-10-7-8(2)12-11(9)10;1-2/h4-7H,3H2,1-2H3;1-2H3. The van der Waals surface area contributed by atoms with E-state index in [0.29, 0.717) is 0 Å². The van der Waals surface area contributed by atoms with Gasteiger partial charge in [0.2, 0.25) is 0 Å². The van der Waals surface area contributed by atoms with Crippen molar-refractivity contribution in [2.45, 2.75) is 34.1 Å². The summed E-state index contributed by atoms with van der Waals surface area (Å²) < 4.78 is 1.47. The lowest BCUT2D eigenvalue weighted by atomic mass is 10.1. The fourth-order valence-electron chi connectivity index (χ4n) is 1.53. The molecule has 0 radical (unpaired) electrons. The van der Waals surface area contributed by atoms with Crippen LogP contribution in [0.1, 0.15) is 31.2 Å². The van der Waals surface area contributed by atoms with Gasteiger partial charge in [0.25, 0.3) is 0 Å². The van der Waals surface area contributed by atoms with Gasteiger partial charge in [0, 0.05) is 9.58 Å². The zero-order chi connectivity index (χ0) is 10.6. The van der Waals surface area contributed by atoms with Crippen LogP contribution in [0.2, 0.25) is 0 Å². The van der Waals surface area contributed by atoms with E-state index in [1.165, 1.54) is 20.5 Å². The van der Waals surface area contributed by atoms with Gasteiger partial charge in [-0.3, -0.25) is 0 Å². The maximum atomic E-state index is 2.26. The van der Waals surface area contributed by atoms with Gasteiger partial charge in [-0.2, -0.15) is 0 Å². The highest BCUT2D eigenvalue weighted by Crippen LogP contribution is 2.28. The third-order valence-corrected chi connectivity index (χ3v) is 3.27. The molecule has 0 amide bonds.